The van der Waals surface area contributed by atoms with E-state index in [9.17, 15) is 9.59 Å². The molecule has 166 valence electrons. The Morgan fingerprint density at radius 1 is 1.06 bits per heavy atom. The van der Waals surface area contributed by atoms with Crippen LogP contribution in [-0.2, 0) is 11.2 Å². The summed E-state index contributed by atoms with van der Waals surface area (Å²) in [5.41, 5.74) is 2.69. The molecule has 1 saturated carbocycles. The molecule has 2 fully saturated rings. The Labute approximate surface area is 187 Å². The van der Waals surface area contributed by atoms with Gasteiger partial charge in [-0.15, -0.1) is 0 Å². The first-order valence-corrected chi connectivity index (χ1v) is 11.5. The quantitative estimate of drug-likeness (QED) is 0.595. The van der Waals surface area contributed by atoms with Crippen LogP contribution >= 0.6 is 0 Å². The lowest BCUT2D eigenvalue weighted by molar-refractivity contribution is -0.132. The van der Waals surface area contributed by atoms with Crippen molar-refractivity contribution in [2.24, 2.45) is 5.92 Å². The maximum Gasteiger partial charge on any atom is 0.255 e. The number of para-hydroxylation sites is 2. The summed E-state index contributed by atoms with van der Waals surface area (Å²) in [4.78, 5) is 30.7. The molecule has 2 amide bonds. The van der Waals surface area contributed by atoms with Crippen LogP contribution < -0.4 is 10.1 Å². The smallest absolute Gasteiger partial charge is 0.255 e. The van der Waals surface area contributed by atoms with Gasteiger partial charge in [-0.25, -0.2) is 0 Å². The minimum atomic E-state index is -0.0673. The first-order valence-electron chi connectivity index (χ1n) is 11.5. The SMILES string of the molecule is O=C(NC1CC1)c1ccccc1OCC1CCCN(C(=O)Cc2c[nH]c3ccccc23)C1. The number of carbonyl (C=O) groups is 2. The molecule has 1 aliphatic carbocycles. The van der Waals surface area contributed by atoms with Gasteiger partial charge in [-0.2, -0.15) is 0 Å². The zero-order valence-corrected chi connectivity index (χ0v) is 18.2. The van der Waals surface area contributed by atoms with Crippen molar-refractivity contribution in [3.8, 4) is 5.75 Å². The van der Waals surface area contributed by atoms with Crippen LogP contribution in [0.1, 0.15) is 41.6 Å². The van der Waals surface area contributed by atoms with Crippen molar-refractivity contribution < 1.29 is 14.3 Å². The van der Waals surface area contributed by atoms with Gasteiger partial charge in [0.15, 0.2) is 0 Å². The fourth-order valence-corrected chi connectivity index (χ4v) is 4.46. The lowest BCUT2D eigenvalue weighted by Crippen LogP contribution is -2.42. The molecule has 2 aromatic carbocycles. The summed E-state index contributed by atoms with van der Waals surface area (Å²) in [5, 5.41) is 4.14. The molecule has 6 heteroatoms. The minimum absolute atomic E-state index is 0.0673. The van der Waals surface area contributed by atoms with Crippen LogP contribution in [0, 0.1) is 5.92 Å². The van der Waals surface area contributed by atoms with E-state index in [1.54, 1.807) is 0 Å². The number of hydrogen-bond donors (Lipinski definition) is 2. The van der Waals surface area contributed by atoms with Crippen molar-refractivity contribution in [2.75, 3.05) is 19.7 Å². The fraction of sp³-hybridized carbons (Fsp3) is 0.385. The number of hydrogen-bond acceptors (Lipinski definition) is 3. The Morgan fingerprint density at radius 2 is 1.88 bits per heavy atom. The first kappa shape index (κ1) is 20.6. The molecule has 3 aromatic rings. The second-order valence-electron chi connectivity index (χ2n) is 8.94. The third-order valence-electron chi connectivity index (χ3n) is 6.41. The Kier molecular flexibility index (Phi) is 5.84. The lowest BCUT2D eigenvalue weighted by Gasteiger charge is -2.33. The molecule has 32 heavy (non-hydrogen) atoms. The summed E-state index contributed by atoms with van der Waals surface area (Å²) < 4.78 is 6.09. The normalized spacial score (nSPS) is 18.5. The Bertz CT molecular complexity index is 1120. The van der Waals surface area contributed by atoms with Gasteiger partial charge in [0.05, 0.1) is 18.6 Å². The molecule has 5 rings (SSSR count). The predicted molar refractivity (Wildman–Crippen MR) is 124 cm³/mol. The molecule has 6 nitrogen and oxygen atoms in total. The number of rotatable bonds is 7. The molecule has 1 aliphatic heterocycles. The van der Waals surface area contributed by atoms with Gasteiger partial charge < -0.3 is 19.9 Å². The van der Waals surface area contributed by atoms with Crippen molar-refractivity contribution in [1.29, 1.82) is 0 Å². The number of benzene rings is 2. The Balaban J connectivity index is 1.18. The summed E-state index contributed by atoms with van der Waals surface area (Å²) in [5.74, 6) is 0.967. The third-order valence-corrected chi connectivity index (χ3v) is 6.41. The van der Waals surface area contributed by atoms with Crippen LogP contribution in [0.25, 0.3) is 10.9 Å². The number of amides is 2. The maximum atomic E-state index is 13.0. The van der Waals surface area contributed by atoms with Crippen molar-refractivity contribution in [3.05, 3.63) is 65.9 Å². The average Bonchev–Trinajstić information content (AvgIpc) is 3.56. The topological polar surface area (TPSA) is 74.4 Å². The second kappa shape index (κ2) is 9.07. The molecule has 1 unspecified atom stereocenters. The standard InChI is InChI=1S/C26H29N3O3/c30-25(14-19-15-27-23-9-3-1-7-21(19)23)29-13-5-6-18(16-29)17-32-24-10-4-2-8-22(24)26(31)28-20-11-12-20/h1-4,7-10,15,18,20,27H,5-6,11-14,16-17H2,(H,28,31). The molecule has 1 saturated heterocycles. The van der Waals surface area contributed by atoms with Crippen LogP contribution in [0.15, 0.2) is 54.7 Å². The van der Waals surface area contributed by atoms with E-state index in [4.69, 9.17) is 4.74 Å². The number of carbonyl (C=O) groups excluding carboxylic acids is 2. The molecule has 0 bridgehead atoms. The number of ether oxygens (including phenoxy) is 1. The van der Waals surface area contributed by atoms with Gasteiger partial charge in [-0.3, -0.25) is 9.59 Å². The average molecular weight is 432 g/mol. The number of piperidine rings is 1. The van der Waals surface area contributed by atoms with Gasteiger partial charge in [0.1, 0.15) is 5.75 Å². The molecular formula is C26H29N3O3. The Hall–Kier alpha value is -3.28. The number of H-pyrrole nitrogens is 1. The van der Waals surface area contributed by atoms with Crippen LogP contribution in [0.2, 0.25) is 0 Å². The highest BCUT2D eigenvalue weighted by atomic mass is 16.5. The summed E-state index contributed by atoms with van der Waals surface area (Å²) in [7, 11) is 0. The van der Waals surface area contributed by atoms with Crippen molar-refractivity contribution in [2.45, 2.75) is 38.1 Å². The molecule has 1 aromatic heterocycles. The number of aromatic amines is 1. The van der Waals surface area contributed by atoms with Gasteiger partial charge in [0, 0.05) is 42.1 Å². The zero-order valence-electron chi connectivity index (χ0n) is 18.2. The van der Waals surface area contributed by atoms with Gasteiger partial charge in [-0.1, -0.05) is 30.3 Å². The number of likely N-dealkylation sites (tertiary alicyclic amines) is 1. The number of nitrogens with zero attached hydrogens (tertiary/aromatic N) is 1. The van der Waals surface area contributed by atoms with Crippen LogP contribution in [0.3, 0.4) is 0 Å². The van der Waals surface area contributed by atoms with E-state index in [1.165, 1.54) is 0 Å². The molecule has 2 heterocycles. The lowest BCUT2D eigenvalue weighted by atomic mass is 9.98. The molecule has 2 N–H and O–H groups in total. The van der Waals surface area contributed by atoms with Crippen LogP contribution in [0.4, 0.5) is 0 Å². The van der Waals surface area contributed by atoms with Crippen LogP contribution in [-0.4, -0.2) is 47.4 Å². The van der Waals surface area contributed by atoms with Crippen molar-refractivity contribution in [1.82, 2.24) is 15.2 Å². The molecule has 1 atom stereocenters. The summed E-state index contributed by atoms with van der Waals surface area (Å²) in [6.45, 7) is 1.99. The maximum absolute atomic E-state index is 13.0. The monoisotopic (exact) mass is 431 g/mol. The van der Waals surface area contributed by atoms with E-state index in [1.807, 2.05) is 53.6 Å². The largest absolute Gasteiger partial charge is 0.492 e. The fourth-order valence-electron chi connectivity index (χ4n) is 4.46. The highest BCUT2D eigenvalue weighted by Gasteiger charge is 2.27. The summed E-state index contributed by atoms with van der Waals surface area (Å²) in [6.07, 6.45) is 6.45. The first-order chi connectivity index (χ1) is 15.7. The number of aromatic nitrogens is 1. The highest BCUT2D eigenvalue weighted by molar-refractivity contribution is 5.97. The summed E-state index contributed by atoms with van der Waals surface area (Å²) in [6, 6.07) is 15.8. The zero-order chi connectivity index (χ0) is 21.9. The van der Waals surface area contributed by atoms with E-state index < -0.39 is 0 Å². The number of nitrogens with one attached hydrogen (secondary N) is 2. The van der Waals surface area contributed by atoms with E-state index in [0.29, 0.717) is 36.9 Å². The van der Waals surface area contributed by atoms with Crippen molar-refractivity contribution >= 4 is 22.7 Å². The van der Waals surface area contributed by atoms with E-state index in [2.05, 4.69) is 16.4 Å². The molecule has 0 spiro atoms. The minimum Gasteiger partial charge on any atom is -0.492 e. The van der Waals surface area contributed by atoms with E-state index in [-0.39, 0.29) is 17.7 Å². The van der Waals surface area contributed by atoms with Gasteiger partial charge >= 0.3 is 0 Å². The van der Waals surface area contributed by atoms with Gasteiger partial charge in [0.25, 0.3) is 5.91 Å². The summed E-state index contributed by atoms with van der Waals surface area (Å²) >= 11 is 0. The van der Waals surface area contributed by atoms with E-state index in [0.717, 1.165) is 48.7 Å². The predicted octanol–water partition coefficient (Wildman–Crippen LogP) is 3.92. The number of fused-ring (bicyclic) bond motifs is 1. The third kappa shape index (κ3) is 4.64. The highest BCUT2D eigenvalue weighted by Crippen LogP contribution is 2.25. The van der Waals surface area contributed by atoms with E-state index >= 15 is 0 Å². The van der Waals surface area contributed by atoms with Crippen LogP contribution in [0.5, 0.6) is 5.75 Å². The molecule has 0 radical (unpaired) electrons. The van der Waals surface area contributed by atoms with Crippen molar-refractivity contribution in [3.63, 3.8) is 0 Å². The Morgan fingerprint density at radius 3 is 2.75 bits per heavy atom. The van der Waals surface area contributed by atoms with Gasteiger partial charge in [0.2, 0.25) is 5.91 Å². The molecular weight excluding hydrogens is 402 g/mol. The molecule has 2 aliphatic rings. The second-order valence-corrected chi connectivity index (χ2v) is 8.94. The van der Waals surface area contributed by atoms with Gasteiger partial charge in [-0.05, 0) is 49.4 Å².